The first-order chi connectivity index (χ1) is 9.16. The molecule has 0 aromatic heterocycles. The average Bonchev–Trinajstić information content (AvgIpc) is 2.40. The van der Waals surface area contributed by atoms with Gasteiger partial charge in [-0.05, 0) is 37.5 Å². The molecule has 4 nitrogen and oxygen atoms in total. The van der Waals surface area contributed by atoms with Crippen molar-refractivity contribution < 1.29 is 4.79 Å². The summed E-state index contributed by atoms with van der Waals surface area (Å²) in [6.07, 6.45) is 3.45. The molecule has 1 aliphatic rings. The van der Waals surface area contributed by atoms with Crippen LogP contribution < -0.4 is 5.43 Å². The molecule has 1 aliphatic heterocycles. The molecule has 1 aromatic carbocycles. The van der Waals surface area contributed by atoms with Crippen molar-refractivity contribution in [3.05, 3.63) is 29.3 Å². The van der Waals surface area contributed by atoms with Gasteiger partial charge in [-0.25, -0.2) is 0 Å². The summed E-state index contributed by atoms with van der Waals surface area (Å²) in [6, 6.07) is 7.28. The molecule has 1 saturated heterocycles. The smallest absolute Gasteiger partial charge is 0.196 e. The van der Waals surface area contributed by atoms with Crippen LogP contribution in [0.1, 0.15) is 26.2 Å². The van der Waals surface area contributed by atoms with Crippen molar-refractivity contribution in [2.24, 2.45) is 5.10 Å². The SMILES string of the molecule is CC(=O)C(=NNc1cccc(Cl)c1)N1CCCCC1. The Morgan fingerprint density at radius 2 is 2.05 bits per heavy atom. The van der Waals surface area contributed by atoms with Gasteiger partial charge in [0, 0.05) is 25.0 Å². The first-order valence-electron chi connectivity index (χ1n) is 6.52. The van der Waals surface area contributed by atoms with Crippen LogP contribution in [0.5, 0.6) is 0 Å². The first-order valence-corrected chi connectivity index (χ1v) is 6.90. The summed E-state index contributed by atoms with van der Waals surface area (Å²) in [4.78, 5) is 13.7. The Labute approximate surface area is 118 Å². The maximum Gasteiger partial charge on any atom is 0.196 e. The number of hydrogen-bond donors (Lipinski definition) is 1. The van der Waals surface area contributed by atoms with Crippen molar-refractivity contribution in [3.8, 4) is 0 Å². The summed E-state index contributed by atoms with van der Waals surface area (Å²) in [5.74, 6) is 0.483. The second-order valence-corrected chi connectivity index (χ2v) is 5.10. The quantitative estimate of drug-likeness (QED) is 0.525. The Balaban J connectivity index is 2.10. The number of ketones is 1. The zero-order chi connectivity index (χ0) is 13.7. The zero-order valence-corrected chi connectivity index (χ0v) is 11.8. The average molecular weight is 280 g/mol. The fraction of sp³-hybridized carbons (Fsp3) is 0.429. The van der Waals surface area contributed by atoms with Crippen LogP contribution in [0.15, 0.2) is 29.4 Å². The molecule has 1 N–H and O–H groups in total. The number of likely N-dealkylation sites (tertiary alicyclic amines) is 1. The second kappa shape index (κ2) is 6.57. The number of halogens is 1. The van der Waals surface area contributed by atoms with Gasteiger partial charge in [0.2, 0.25) is 0 Å². The highest BCUT2D eigenvalue weighted by atomic mass is 35.5. The molecule has 0 unspecified atom stereocenters. The van der Waals surface area contributed by atoms with Gasteiger partial charge in [-0.2, -0.15) is 5.10 Å². The molecule has 0 bridgehead atoms. The number of carbonyl (C=O) groups is 1. The molecule has 0 radical (unpaired) electrons. The fourth-order valence-corrected chi connectivity index (χ4v) is 2.34. The number of anilines is 1. The van der Waals surface area contributed by atoms with Gasteiger partial charge in [-0.15, -0.1) is 0 Å². The lowest BCUT2D eigenvalue weighted by molar-refractivity contribution is -0.111. The third kappa shape index (κ3) is 3.96. The molecular weight excluding hydrogens is 262 g/mol. The van der Waals surface area contributed by atoms with Crippen molar-refractivity contribution in [3.63, 3.8) is 0 Å². The van der Waals surface area contributed by atoms with E-state index >= 15 is 0 Å². The minimum atomic E-state index is -0.0172. The first kappa shape index (κ1) is 13.9. The standard InChI is InChI=1S/C14H18ClN3O/c1-11(19)14(18-8-3-2-4-9-18)17-16-13-7-5-6-12(15)10-13/h5-7,10,16H,2-4,8-9H2,1H3. The van der Waals surface area contributed by atoms with Gasteiger partial charge in [0.15, 0.2) is 11.6 Å². The normalized spacial score (nSPS) is 16.3. The van der Waals surface area contributed by atoms with Gasteiger partial charge in [-0.1, -0.05) is 17.7 Å². The highest BCUT2D eigenvalue weighted by molar-refractivity contribution is 6.38. The number of nitrogens with one attached hydrogen (secondary N) is 1. The van der Waals surface area contributed by atoms with E-state index in [1.165, 1.54) is 6.42 Å². The molecular formula is C14H18ClN3O. The maximum absolute atomic E-state index is 11.7. The lowest BCUT2D eigenvalue weighted by atomic mass is 10.1. The minimum absolute atomic E-state index is 0.0172. The number of piperidine rings is 1. The third-order valence-electron chi connectivity index (χ3n) is 3.09. The number of amidine groups is 1. The van der Waals surface area contributed by atoms with Gasteiger partial charge in [0.1, 0.15) is 0 Å². The van der Waals surface area contributed by atoms with E-state index in [4.69, 9.17) is 11.6 Å². The summed E-state index contributed by atoms with van der Waals surface area (Å²) in [5, 5.41) is 4.88. The highest BCUT2D eigenvalue weighted by Crippen LogP contribution is 2.15. The molecule has 0 amide bonds. The molecule has 1 fully saturated rings. The van der Waals surface area contributed by atoms with Crippen LogP contribution in [-0.4, -0.2) is 29.6 Å². The van der Waals surface area contributed by atoms with E-state index in [9.17, 15) is 4.79 Å². The van der Waals surface area contributed by atoms with E-state index < -0.39 is 0 Å². The van der Waals surface area contributed by atoms with E-state index in [-0.39, 0.29) is 5.78 Å². The second-order valence-electron chi connectivity index (χ2n) is 4.66. The Hall–Kier alpha value is -1.55. The van der Waals surface area contributed by atoms with Gasteiger partial charge >= 0.3 is 0 Å². The molecule has 0 saturated carbocycles. The van der Waals surface area contributed by atoms with Crippen molar-refractivity contribution >= 4 is 28.9 Å². The molecule has 0 aliphatic carbocycles. The lowest BCUT2D eigenvalue weighted by Crippen LogP contribution is -2.39. The summed E-state index contributed by atoms with van der Waals surface area (Å²) in [7, 11) is 0. The minimum Gasteiger partial charge on any atom is -0.352 e. The van der Waals surface area contributed by atoms with Gasteiger partial charge < -0.3 is 4.90 Å². The Morgan fingerprint density at radius 3 is 2.68 bits per heavy atom. The molecule has 1 heterocycles. The fourth-order valence-electron chi connectivity index (χ4n) is 2.15. The molecule has 5 heteroatoms. The van der Waals surface area contributed by atoms with Crippen molar-refractivity contribution in [2.75, 3.05) is 18.5 Å². The van der Waals surface area contributed by atoms with E-state index in [0.717, 1.165) is 31.6 Å². The number of benzene rings is 1. The lowest BCUT2D eigenvalue weighted by Gasteiger charge is -2.28. The summed E-state index contributed by atoms with van der Waals surface area (Å²) in [5.41, 5.74) is 3.69. The van der Waals surface area contributed by atoms with Crippen LogP contribution in [0.4, 0.5) is 5.69 Å². The number of hydrogen-bond acceptors (Lipinski definition) is 3. The summed E-state index contributed by atoms with van der Waals surface area (Å²) < 4.78 is 0. The molecule has 19 heavy (non-hydrogen) atoms. The van der Waals surface area contributed by atoms with Crippen molar-refractivity contribution in [2.45, 2.75) is 26.2 Å². The number of rotatable bonds is 3. The third-order valence-corrected chi connectivity index (χ3v) is 3.32. The van der Waals surface area contributed by atoms with E-state index in [2.05, 4.69) is 10.5 Å². The zero-order valence-electron chi connectivity index (χ0n) is 11.0. The van der Waals surface area contributed by atoms with Gasteiger partial charge in [0.25, 0.3) is 0 Å². The van der Waals surface area contributed by atoms with Crippen LogP contribution in [0.2, 0.25) is 5.02 Å². The van der Waals surface area contributed by atoms with Crippen LogP contribution >= 0.6 is 11.6 Å². The molecule has 0 spiro atoms. The van der Waals surface area contributed by atoms with Gasteiger partial charge in [-0.3, -0.25) is 10.2 Å². The number of Topliss-reactive ketones (excluding diaryl/α,β-unsaturated/α-hetero) is 1. The van der Waals surface area contributed by atoms with Crippen LogP contribution in [0.3, 0.4) is 0 Å². The maximum atomic E-state index is 11.7. The van der Waals surface area contributed by atoms with Crippen LogP contribution in [0, 0.1) is 0 Å². The largest absolute Gasteiger partial charge is 0.352 e. The van der Waals surface area contributed by atoms with Crippen molar-refractivity contribution in [1.82, 2.24) is 4.90 Å². The summed E-state index contributed by atoms with van der Waals surface area (Å²) in [6.45, 7) is 3.35. The molecule has 0 atom stereocenters. The number of carbonyl (C=O) groups excluding carboxylic acids is 1. The Kier molecular flexibility index (Phi) is 4.80. The van der Waals surface area contributed by atoms with Crippen molar-refractivity contribution in [1.29, 1.82) is 0 Å². The molecule has 2 rings (SSSR count). The van der Waals surface area contributed by atoms with Crippen LogP contribution in [-0.2, 0) is 4.79 Å². The number of nitrogens with zero attached hydrogens (tertiary/aromatic N) is 2. The topological polar surface area (TPSA) is 44.7 Å². The summed E-state index contributed by atoms with van der Waals surface area (Å²) >= 11 is 5.91. The number of hydrazone groups is 1. The Morgan fingerprint density at radius 1 is 1.32 bits per heavy atom. The van der Waals surface area contributed by atoms with E-state index in [0.29, 0.717) is 10.9 Å². The predicted octanol–water partition coefficient (Wildman–Crippen LogP) is 3.14. The van der Waals surface area contributed by atoms with E-state index in [1.54, 1.807) is 19.1 Å². The van der Waals surface area contributed by atoms with E-state index in [1.807, 2.05) is 17.0 Å². The van der Waals surface area contributed by atoms with Crippen LogP contribution in [0.25, 0.3) is 0 Å². The molecule has 1 aromatic rings. The van der Waals surface area contributed by atoms with Gasteiger partial charge in [0.05, 0.1) is 5.69 Å². The molecule has 102 valence electrons. The Bertz CT molecular complexity index is 481. The monoisotopic (exact) mass is 279 g/mol. The predicted molar refractivity (Wildman–Crippen MR) is 78.6 cm³/mol. The highest BCUT2D eigenvalue weighted by Gasteiger charge is 2.18.